The highest BCUT2D eigenvalue weighted by atomic mass is 19.1. The van der Waals surface area contributed by atoms with Gasteiger partial charge in [0.2, 0.25) is 5.43 Å². The summed E-state index contributed by atoms with van der Waals surface area (Å²) in [5.74, 6) is 3.55. The topological polar surface area (TPSA) is 89.6 Å². The van der Waals surface area contributed by atoms with E-state index in [9.17, 15) is 14.0 Å². The van der Waals surface area contributed by atoms with Gasteiger partial charge in [-0.25, -0.2) is 9.18 Å². The highest BCUT2D eigenvalue weighted by molar-refractivity contribution is 5.94. The van der Waals surface area contributed by atoms with Crippen LogP contribution in [0.2, 0.25) is 0 Å². The molecule has 1 aromatic heterocycles. The third-order valence-electron chi connectivity index (χ3n) is 4.83. The number of anilines is 1. The van der Waals surface area contributed by atoms with Gasteiger partial charge in [0.05, 0.1) is 11.2 Å². The number of pyridine rings is 1. The molecule has 1 aliphatic heterocycles. The molecule has 2 aliphatic rings. The van der Waals surface area contributed by atoms with E-state index in [1.165, 1.54) is 12.3 Å². The third-order valence-corrected chi connectivity index (χ3v) is 4.83. The zero-order valence-electron chi connectivity index (χ0n) is 13.6. The highest BCUT2D eigenvalue weighted by Crippen LogP contribution is 2.38. The Hall–Kier alpha value is -2.45. The van der Waals surface area contributed by atoms with Crippen LogP contribution in [0.4, 0.5) is 10.1 Å². The van der Waals surface area contributed by atoms with Crippen molar-refractivity contribution >= 4 is 22.6 Å². The Labute approximate surface area is 143 Å². The zero-order valence-corrected chi connectivity index (χ0v) is 13.6. The van der Waals surface area contributed by atoms with Crippen molar-refractivity contribution in [1.82, 2.24) is 9.88 Å². The molecular formula is C17H19FN4O3. The molecule has 4 rings (SSSR count). The van der Waals surface area contributed by atoms with Crippen molar-refractivity contribution in [1.29, 1.82) is 0 Å². The second-order valence-corrected chi connectivity index (χ2v) is 6.47. The van der Waals surface area contributed by atoms with Gasteiger partial charge in [-0.05, 0) is 25.0 Å². The zero-order chi connectivity index (χ0) is 17.6. The van der Waals surface area contributed by atoms with Gasteiger partial charge in [0.15, 0.2) is 0 Å². The molecule has 1 saturated heterocycles. The van der Waals surface area contributed by atoms with Crippen LogP contribution in [0, 0.1) is 5.82 Å². The number of hydrogen-bond acceptors (Lipinski definition) is 6. The number of aromatic nitrogens is 1. The van der Waals surface area contributed by atoms with Crippen molar-refractivity contribution in [2.45, 2.75) is 18.9 Å². The van der Waals surface area contributed by atoms with E-state index in [0.717, 1.165) is 25.9 Å². The molecule has 3 N–H and O–H groups in total. The Balaban J connectivity index is 1.93. The van der Waals surface area contributed by atoms with Gasteiger partial charge in [-0.1, -0.05) is 0 Å². The van der Waals surface area contributed by atoms with Gasteiger partial charge in [-0.2, -0.15) is 5.90 Å². The average Bonchev–Trinajstić information content (AvgIpc) is 3.47. The summed E-state index contributed by atoms with van der Waals surface area (Å²) in [7, 11) is 0. The molecule has 0 amide bonds. The predicted octanol–water partition coefficient (Wildman–Crippen LogP) is 0.916. The number of fused-ring (bicyclic) bond motifs is 1. The van der Waals surface area contributed by atoms with E-state index in [1.54, 1.807) is 6.07 Å². The molecule has 1 saturated carbocycles. The van der Waals surface area contributed by atoms with Gasteiger partial charge in [0, 0.05) is 43.8 Å². The number of hydrogen-bond donors (Lipinski definition) is 2. The van der Waals surface area contributed by atoms with E-state index in [-0.39, 0.29) is 17.0 Å². The summed E-state index contributed by atoms with van der Waals surface area (Å²) in [6.07, 6.45) is 3.39. The first-order valence-electron chi connectivity index (χ1n) is 8.35. The molecule has 7 nitrogen and oxygen atoms in total. The first kappa shape index (κ1) is 16.0. The maximum Gasteiger partial charge on any atom is 0.362 e. The lowest BCUT2D eigenvalue weighted by Crippen LogP contribution is -2.43. The van der Waals surface area contributed by atoms with Crippen LogP contribution in [0.1, 0.15) is 29.2 Å². The van der Waals surface area contributed by atoms with Crippen LogP contribution in [0.15, 0.2) is 23.1 Å². The van der Waals surface area contributed by atoms with Crippen LogP contribution in [-0.2, 0) is 4.84 Å². The van der Waals surface area contributed by atoms with Gasteiger partial charge in [0.1, 0.15) is 11.4 Å². The number of carbonyl (C=O) groups excluding carboxylic acids is 1. The van der Waals surface area contributed by atoms with Gasteiger partial charge < -0.3 is 19.6 Å². The lowest BCUT2D eigenvalue weighted by Gasteiger charge is -2.30. The molecule has 0 spiro atoms. The molecule has 0 atom stereocenters. The first-order chi connectivity index (χ1) is 12.1. The first-order valence-corrected chi connectivity index (χ1v) is 8.35. The van der Waals surface area contributed by atoms with Crippen LogP contribution in [0.3, 0.4) is 0 Å². The van der Waals surface area contributed by atoms with Crippen molar-refractivity contribution in [2.24, 2.45) is 5.90 Å². The van der Waals surface area contributed by atoms with E-state index in [0.29, 0.717) is 24.3 Å². The van der Waals surface area contributed by atoms with Gasteiger partial charge in [0.25, 0.3) is 0 Å². The number of nitrogens with two attached hydrogens (primary N) is 1. The lowest BCUT2D eigenvalue weighted by molar-refractivity contribution is 0.0501. The smallest absolute Gasteiger partial charge is 0.362 e. The molecule has 1 aromatic carbocycles. The van der Waals surface area contributed by atoms with Crippen molar-refractivity contribution < 1.29 is 14.0 Å². The van der Waals surface area contributed by atoms with E-state index < -0.39 is 17.2 Å². The Morgan fingerprint density at radius 1 is 1.28 bits per heavy atom. The minimum absolute atomic E-state index is 0.170. The number of piperazine rings is 1. The number of nitrogens with one attached hydrogen (secondary N) is 1. The van der Waals surface area contributed by atoms with Crippen molar-refractivity contribution in [3.63, 3.8) is 0 Å². The second kappa shape index (κ2) is 6.12. The van der Waals surface area contributed by atoms with E-state index in [2.05, 4.69) is 10.2 Å². The minimum Gasteiger partial charge on any atom is -0.369 e. The fourth-order valence-corrected chi connectivity index (χ4v) is 3.37. The van der Waals surface area contributed by atoms with Gasteiger partial charge in [-0.3, -0.25) is 4.79 Å². The lowest BCUT2D eigenvalue weighted by atomic mass is 10.1. The van der Waals surface area contributed by atoms with Crippen LogP contribution >= 0.6 is 0 Å². The Morgan fingerprint density at radius 3 is 2.64 bits per heavy atom. The summed E-state index contributed by atoms with van der Waals surface area (Å²) in [5.41, 5.74) is 0.386. The fourth-order valence-electron chi connectivity index (χ4n) is 3.37. The van der Waals surface area contributed by atoms with Crippen LogP contribution < -0.4 is 21.5 Å². The minimum atomic E-state index is -0.909. The van der Waals surface area contributed by atoms with Crippen LogP contribution in [0.5, 0.6) is 0 Å². The summed E-state index contributed by atoms with van der Waals surface area (Å²) in [4.78, 5) is 30.6. The highest BCUT2D eigenvalue weighted by Gasteiger charge is 2.28. The van der Waals surface area contributed by atoms with Gasteiger partial charge in [-0.15, -0.1) is 0 Å². The number of benzene rings is 1. The van der Waals surface area contributed by atoms with Crippen molar-refractivity contribution in [2.75, 3.05) is 31.1 Å². The monoisotopic (exact) mass is 346 g/mol. The Bertz CT molecular complexity index is 901. The average molecular weight is 346 g/mol. The largest absolute Gasteiger partial charge is 0.369 e. The number of carbonyl (C=O) groups is 1. The molecule has 0 unspecified atom stereocenters. The number of rotatable bonds is 3. The molecule has 2 aromatic rings. The Kier molecular flexibility index (Phi) is 3.93. The number of nitrogens with zero attached hydrogens (tertiary/aromatic N) is 2. The van der Waals surface area contributed by atoms with E-state index >= 15 is 0 Å². The molecule has 8 heteroatoms. The summed E-state index contributed by atoms with van der Waals surface area (Å²) >= 11 is 0. The molecule has 2 heterocycles. The molecular weight excluding hydrogens is 327 g/mol. The van der Waals surface area contributed by atoms with E-state index in [1.807, 2.05) is 9.47 Å². The predicted molar refractivity (Wildman–Crippen MR) is 91.1 cm³/mol. The molecule has 1 aliphatic carbocycles. The maximum absolute atomic E-state index is 14.7. The normalized spacial score (nSPS) is 17.8. The number of halogens is 1. The quantitative estimate of drug-likeness (QED) is 0.803. The van der Waals surface area contributed by atoms with Crippen LogP contribution in [-0.4, -0.2) is 36.7 Å². The van der Waals surface area contributed by atoms with Crippen molar-refractivity contribution in [3.05, 3.63) is 39.9 Å². The standard InChI is InChI=1S/C17H19FN4O3/c18-13-7-11-14(8-15(13)21-5-3-20-4-6-21)22(10-1-2-10)9-12(16(11)23)17(24)25-19/h7-10,20H,1-6,19H2. The van der Waals surface area contributed by atoms with Gasteiger partial charge >= 0.3 is 5.97 Å². The third kappa shape index (κ3) is 2.77. The van der Waals surface area contributed by atoms with E-state index in [4.69, 9.17) is 5.90 Å². The maximum atomic E-state index is 14.7. The summed E-state index contributed by atoms with van der Waals surface area (Å²) in [5, 5.41) is 3.41. The molecule has 132 valence electrons. The molecule has 2 fully saturated rings. The second-order valence-electron chi connectivity index (χ2n) is 6.47. The molecule has 0 radical (unpaired) electrons. The summed E-state index contributed by atoms with van der Waals surface area (Å²) in [6.45, 7) is 2.98. The van der Waals surface area contributed by atoms with Crippen molar-refractivity contribution in [3.8, 4) is 0 Å². The Morgan fingerprint density at radius 2 is 2.00 bits per heavy atom. The summed E-state index contributed by atoms with van der Waals surface area (Å²) in [6, 6.07) is 3.14. The SMILES string of the molecule is NOC(=O)c1cn(C2CC2)c2cc(N3CCNCC3)c(F)cc2c1=O. The fraction of sp³-hybridized carbons (Fsp3) is 0.412. The molecule has 0 bridgehead atoms. The van der Waals surface area contributed by atoms with Crippen LogP contribution in [0.25, 0.3) is 10.9 Å². The molecule has 25 heavy (non-hydrogen) atoms. The summed E-state index contributed by atoms with van der Waals surface area (Å²) < 4.78 is 16.6.